The van der Waals surface area contributed by atoms with Gasteiger partial charge in [-0.1, -0.05) is 13.0 Å². The minimum Gasteiger partial charge on any atom is -0.398 e. The summed E-state index contributed by atoms with van der Waals surface area (Å²) in [4.78, 5) is 13.0. The maximum absolute atomic E-state index is 12.5. The number of halogens is 1. The first-order valence-corrected chi connectivity index (χ1v) is 10.3. The summed E-state index contributed by atoms with van der Waals surface area (Å²) in [6, 6.07) is 7.87. The van der Waals surface area contributed by atoms with Crippen LogP contribution in [-0.4, -0.2) is 60.0 Å². The summed E-state index contributed by atoms with van der Waals surface area (Å²) in [5.74, 6) is 0.805. The Bertz CT molecular complexity index is 887. The Morgan fingerprint density at radius 1 is 1.17 bits per heavy atom. The average molecular weight is 397 g/mol. The van der Waals surface area contributed by atoms with Gasteiger partial charge >= 0.3 is 0 Å². The quantitative estimate of drug-likeness (QED) is 0.555. The second-order valence-corrected chi connectivity index (χ2v) is 8.56. The summed E-state index contributed by atoms with van der Waals surface area (Å²) in [5.41, 5.74) is 10.0. The van der Waals surface area contributed by atoms with Gasteiger partial charge in [-0.25, -0.2) is 14.4 Å². The number of nitrogen functional groups attached to an aromatic ring is 1. The number of alkyl halides is 1. The Kier molecular flexibility index (Phi) is 5.50. The summed E-state index contributed by atoms with van der Waals surface area (Å²) in [6.07, 6.45) is 5.06. The largest absolute Gasteiger partial charge is 0.398 e. The van der Waals surface area contributed by atoms with E-state index in [0.717, 1.165) is 44.0 Å². The highest BCUT2D eigenvalue weighted by atomic mass is 19.1. The maximum atomic E-state index is 12.5. The molecule has 154 valence electrons. The summed E-state index contributed by atoms with van der Waals surface area (Å²) < 4.78 is 12.5. The number of benzene rings is 1. The van der Waals surface area contributed by atoms with Crippen LogP contribution in [0.4, 0.5) is 15.9 Å². The zero-order valence-corrected chi connectivity index (χ0v) is 17.0. The van der Waals surface area contributed by atoms with Crippen LogP contribution < -0.4 is 10.6 Å². The van der Waals surface area contributed by atoms with Crippen molar-refractivity contribution in [2.24, 2.45) is 5.41 Å². The molecular formula is C22H29FN6. The van der Waals surface area contributed by atoms with Gasteiger partial charge in [0.2, 0.25) is 0 Å². The molecular weight excluding hydrogens is 367 g/mol. The van der Waals surface area contributed by atoms with Crippen molar-refractivity contribution in [1.29, 1.82) is 5.41 Å². The smallest absolute Gasteiger partial charge is 0.132 e. The number of nitrogens with one attached hydrogen (secondary N) is 1. The van der Waals surface area contributed by atoms with Gasteiger partial charge in [0.25, 0.3) is 0 Å². The van der Waals surface area contributed by atoms with E-state index < -0.39 is 0 Å². The van der Waals surface area contributed by atoms with E-state index in [9.17, 15) is 4.39 Å². The molecule has 1 aliphatic heterocycles. The molecule has 7 heteroatoms. The Balaban J connectivity index is 1.51. The Morgan fingerprint density at radius 2 is 1.93 bits per heavy atom. The van der Waals surface area contributed by atoms with Crippen molar-refractivity contribution in [3.63, 3.8) is 0 Å². The van der Waals surface area contributed by atoms with Crippen molar-refractivity contribution in [1.82, 2.24) is 14.9 Å². The van der Waals surface area contributed by atoms with Crippen molar-refractivity contribution < 1.29 is 4.39 Å². The van der Waals surface area contributed by atoms with E-state index in [1.165, 1.54) is 24.7 Å². The highest BCUT2D eigenvalue weighted by molar-refractivity contribution is 6.13. The van der Waals surface area contributed by atoms with E-state index in [-0.39, 0.29) is 6.67 Å². The number of piperazine rings is 1. The molecule has 2 aromatic rings. The minimum atomic E-state index is -0.311. The van der Waals surface area contributed by atoms with Gasteiger partial charge in [0, 0.05) is 50.0 Å². The molecule has 1 saturated carbocycles. The van der Waals surface area contributed by atoms with Gasteiger partial charge in [-0.2, -0.15) is 0 Å². The molecule has 0 unspecified atom stereocenters. The molecule has 0 amide bonds. The van der Waals surface area contributed by atoms with Crippen LogP contribution in [-0.2, 0) is 6.42 Å². The monoisotopic (exact) mass is 396 g/mol. The van der Waals surface area contributed by atoms with E-state index >= 15 is 0 Å². The average Bonchev–Trinajstić information content (AvgIpc) is 3.46. The first kappa shape index (κ1) is 19.8. The van der Waals surface area contributed by atoms with E-state index in [0.29, 0.717) is 29.1 Å². The Hall–Kier alpha value is -2.54. The van der Waals surface area contributed by atoms with Crippen LogP contribution in [0.3, 0.4) is 0 Å². The van der Waals surface area contributed by atoms with Gasteiger partial charge in [0.05, 0.1) is 11.4 Å². The molecule has 0 bridgehead atoms. The van der Waals surface area contributed by atoms with Crippen LogP contribution in [0.25, 0.3) is 0 Å². The molecule has 0 atom stereocenters. The number of aromatic nitrogens is 2. The second-order valence-electron chi connectivity index (χ2n) is 8.56. The summed E-state index contributed by atoms with van der Waals surface area (Å²) in [5, 5.41) is 8.71. The van der Waals surface area contributed by atoms with Gasteiger partial charge in [-0.3, -0.25) is 10.3 Å². The van der Waals surface area contributed by atoms with Crippen LogP contribution in [0.2, 0.25) is 0 Å². The van der Waals surface area contributed by atoms with Crippen LogP contribution in [0.15, 0.2) is 30.6 Å². The van der Waals surface area contributed by atoms with Gasteiger partial charge in [0.15, 0.2) is 0 Å². The van der Waals surface area contributed by atoms with Crippen molar-refractivity contribution in [2.45, 2.75) is 26.2 Å². The van der Waals surface area contributed by atoms with Crippen LogP contribution in [0.5, 0.6) is 0 Å². The fourth-order valence-corrected chi connectivity index (χ4v) is 3.93. The second kappa shape index (κ2) is 8.06. The molecule has 1 saturated heterocycles. The topological polar surface area (TPSA) is 82.1 Å². The predicted molar refractivity (Wildman–Crippen MR) is 114 cm³/mol. The molecule has 2 fully saturated rings. The van der Waals surface area contributed by atoms with E-state index in [1.807, 2.05) is 18.2 Å². The third-order valence-electron chi connectivity index (χ3n) is 6.13. The lowest BCUT2D eigenvalue weighted by Gasteiger charge is -2.34. The van der Waals surface area contributed by atoms with Crippen molar-refractivity contribution in [3.8, 4) is 0 Å². The van der Waals surface area contributed by atoms with Crippen molar-refractivity contribution in [2.75, 3.05) is 50.0 Å². The third-order valence-corrected chi connectivity index (χ3v) is 6.13. The molecule has 29 heavy (non-hydrogen) atoms. The van der Waals surface area contributed by atoms with Crippen LogP contribution in [0, 0.1) is 10.8 Å². The van der Waals surface area contributed by atoms with Gasteiger partial charge in [-0.05, 0) is 42.4 Å². The first-order valence-electron chi connectivity index (χ1n) is 10.3. The summed E-state index contributed by atoms with van der Waals surface area (Å²) in [6.45, 7) is 5.69. The highest BCUT2D eigenvalue weighted by Gasteiger charge is 2.37. The first-order chi connectivity index (χ1) is 14.0. The van der Waals surface area contributed by atoms with E-state index in [2.05, 4.69) is 32.8 Å². The molecule has 4 rings (SSSR count). The molecule has 1 aliphatic carbocycles. The number of anilines is 2. The van der Waals surface area contributed by atoms with E-state index in [4.69, 9.17) is 11.1 Å². The molecule has 1 aromatic heterocycles. The number of hydrogen-bond acceptors (Lipinski definition) is 6. The minimum absolute atomic E-state index is 0.311. The Morgan fingerprint density at radius 3 is 2.62 bits per heavy atom. The third kappa shape index (κ3) is 4.56. The Labute approximate surface area is 171 Å². The molecule has 2 heterocycles. The zero-order valence-electron chi connectivity index (χ0n) is 17.0. The fourth-order valence-electron chi connectivity index (χ4n) is 3.93. The fraction of sp³-hybridized carbons (Fsp3) is 0.500. The molecule has 0 spiro atoms. The van der Waals surface area contributed by atoms with Crippen molar-refractivity contribution >= 4 is 17.2 Å². The molecule has 1 aromatic carbocycles. The van der Waals surface area contributed by atoms with Crippen LogP contribution in [0.1, 0.15) is 36.6 Å². The number of nitrogens with two attached hydrogens (primary N) is 1. The lowest BCUT2D eigenvalue weighted by Crippen LogP contribution is -2.47. The zero-order chi connectivity index (χ0) is 20.4. The summed E-state index contributed by atoms with van der Waals surface area (Å²) >= 11 is 0. The SMILES string of the molecule is CC1(Cc2ccc(N)c(C(=N)c3cc(N4CCN(CCF)CC4)ncn3)c2)CC1. The van der Waals surface area contributed by atoms with Crippen molar-refractivity contribution in [3.05, 3.63) is 47.4 Å². The van der Waals surface area contributed by atoms with Gasteiger partial charge < -0.3 is 10.6 Å². The number of hydrogen-bond donors (Lipinski definition) is 2. The van der Waals surface area contributed by atoms with E-state index in [1.54, 1.807) is 0 Å². The predicted octanol–water partition coefficient (Wildman–Crippen LogP) is 2.91. The molecule has 2 aliphatic rings. The summed E-state index contributed by atoms with van der Waals surface area (Å²) in [7, 11) is 0. The normalized spacial score (nSPS) is 18.6. The van der Waals surface area contributed by atoms with Gasteiger partial charge in [-0.15, -0.1) is 0 Å². The van der Waals surface area contributed by atoms with Gasteiger partial charge in [0.1, 0.15) is 18.8 Å². The number of rotatable bonds is 7. The molecule has 6 nitrogen and oxygen atoms in total. The number of nitrogens with zero attached hydrogens (tertiary/aromatic N) is 4. The lowest BCUT2D eigenvalue weighted by molar-refractivity contribution is 0.235. The molecule has 0 radical (unpaired) electrons. The standard InChI is InChI=1S/C22H29FN6/c1-22(4-5-22)14-16-2-3-18(24)17(12-16)21(25)19-13-20(27-15-26-19)29-10-8-28(7-6-23)9-11-29/h2-3,12-13,15,25H,4-11,14,24H2,1H3. The lowest BCUT2D eigenvalue weighted by atomic mass is 9.95. The maximum Gasteiger partial charge on any atom is 0.132 e. The molecule has 3 N–H and O–H groups in total. The highest BCUT2D eigenvalue weighted by Crippen LogP contribution is 2.47. The van der Waals surface area contributed by atoms with Crippen LogP contribution >= 0.6 is 0 Å².